The largest absolute Gasteiger partial charge is 0.348 e. The molecule has 136 valence electrons. The van der Waals surface area contributed by atoms with Gasteiger partial charge in [0.2, 0.25) is 0 Å². The summed E-state index contributed by atoms with van der Waals surface area (Å²) in [6, 6.07) is 15.9. The van der Waals surface area contributed by atoms with E-state index in [0.29, 0.717) is 0 Å². The number of halogens is 1. The molecule has 5 rings (SSSR count). The lowest BCUT2D eigenvalue weighted by Crippen LogP contribution is -2.41. The molecule has 1 unspecified atom stereocenters. The first-order valence-electron chi connectivity index (χ1n) is 9.23. The third kappa shape index (κ3) is 4.25. The number of hydrogen-bond acceptors (Lipinski definition) is 3. The van der Waals surface area contributed by atoms with E-state index in [-0.39, 0.29) is 11.9 Å². The number of rotatable bonds is 4. The quantitative estimate of drug-likeness (QED) is 0.826. The van der Waals surface area contributed by atoms with E-state index in [1.165, 1.54) is 25.9 Å². The van der Waals surface area contributed by atoms with Crippen LogP contribution in [0.4, 0.5) is 0 Å². The first kappa shape index (κ1) is 17.9. The van der Waals surface area contributed by atoms with Gasteiger partial charge in [0, 0.05) is 27.9 Å². The third-order valence-electron chi connectivity index (χ3n) is 5.32. The highest BCUT2D eigenvalue weighted by atomic mass is 35.5. The van der Waals surface area contributed by atoms with Gasteiger partial charge in [-0.15, -0.1) is 0 Å². The Morgan fingerprint density at radius 3 is 2.54 bits per heavy atom. The van der Waals surface area contributed by atoms with E-state index in [1.807, 2.05) is 48.5 Å². The predicted molar refractivity (Wildman–Crippen MR) is 107 cm³/mol. The summed E-state index contributed by atoms with van der Waals surface area (Å²) in [6.07, 6.45) is 3.67. The fraction of sp³-hybridized carbons (Fsp3) is 0.381. The van der Waals surface area contributed by atoms with Gasteiger partial charge in [-0.25, -0.2) is 0 Å². The normalized spacial score (nSPS) is 24.9. The molecule has 1 N–H and O–H groups in total. The minimum atomic E-state index is 0.0341. The highest BCUT2D eigenvalue weighted by molar-refractivity contribution is 7.99. The Morgan fingerprint density at radius 2 is 1.81 bits per heavy atom. The summed E-state index contributed by atoms with van der Waals surface area (Å²) < 4.78 is 0. The zero-order chi connectivity index (χ0) is 17.9. The Bertz CT molecular complexity index is 758. The molecule has 26 heavy (non-hydrogen) atoms. The Kier molecular flexibility index (Phi) is 5.53. The highest BCUT2D eigenvalue weighted by Crippen LogP contribution is 2.33. The van der Waals surface area contributed by atoms with Crippen molar-refractivity contribution in [1.29, 1.82) is 0 Å². The summed E-state index contributed by atoms with van der Waals surface area (Å²) in [6.45, 7) is 3.36. The van der Waals surface area contributed by atoms with E-state index in [0.717, 1.165) is 39.3 Å². The molecule has 1 amide bonds. The average molecular weight is 387 g/mol. The van der Waals surface area contributed by atoms with Gasteiger partial charge in [0.25, 0.3) is 5.91 Å². The van der Waals surface area contributed by atoms with Crippen LogP contribution in [0.15, 0.2) is 58.3 Å². The van der Waals surface area contributed by atoms with Crippen molar-refractivity contribution in [2.75, 3.05) is 19.6 Å². The topological polar surface area (TPSA) is 32.3 Å². The standard InChI is InChI=1S/C21H23ClN2OS/c22-19-3-1-2-4-20(19)26-18-7-5-16(6-8-18)21(25)23-17-13-15-9-11-24(14-17)12-10-15/h1-8,15,17H,9-14H2,(H,23,25). The molecule has 3 saturated heterocycles. The summed E-state index contributed by atoms with van der Waals surface area (Å²) in [4.78, 5) is 17.2. The molecule has 2 aromatic rings. The van der Waals surface area contributed by atoms with Crippen LogP contribution in [0, 0.1) is 5.92 Å². The molecule has 3 aliphatic heterocycles. The molecule has 0 aromatic heterocycles. The number of piperidine rings is 1. The first-order chi connectivity index (χ1) is 12.7. The van der Waals surface area contributed by atoms with E-state index < -0.39 is 0 Å². The fourth-order valence-corrected chi connectivity index (χ4v) is 4.99. The molecular weight excluding hydrogens is 364 g/mol. The van der Waals surface area contributed by atoms with Gasteiger partial charge < -0.3 is 10.2 Å². The molecule has 2 bridgehead atoms. The molecule has 0 aliphatic carbocycles. The summed E-state index contributed by atoms with van der Waals surface area (Å²) >= 11 is 7.83. The van der Waals surface area contributed by atoms with E-state index in [1.54, 1.807) is 11.8 Å². The second-order valence-corrected chi connectivity index (χ2v) is 8.73. The maximum absolute atomic E-state index is 12.6. The summed E-state index contributed by atoms with van der Waals surface area (Å²) in [5, 5.41) is 3.99. The Labute approximate surface area is 164 Å². The molecule has 0 spiro atoms. The number of benzene rings is 2. The third-order valence-corrected chi connectivity index (χ3v) is 6.85. The molecule has 2 aromatic carbocycles. The van der Waals surface area contributed by atoms with Gasteiger partial charge in [0.1, 0.15) is 0 Å². The lowest BCUT2D eigenvalue weighted by atomic mass is 9.94. The summed E-state index contributed by atoms with van der Waals surface area (Å²) in [7, 11) is 0. The van der Waals surface area contributed by atoms with Gasteiger partial charge in [0.05, 0.1) is 5.02 Å². The lowest BCUT2D eigenvalue weighted by molar-refractivity contribution is 0.0928. The smallest absolute Gasteiger partial charge is 0.251 e. The van der Waals surface area contributed by atoms with E-state index in [9.17, 15) is 4.79 Å². The van der Waals surface area contributed by atoms with Gasteiger partial charge >= 0.3 is 0 Å². The Balaban J connectivity index is 1.38. The van der Waals surface area contributed by atoms with Crippen molar-refractivity contribution in [3.05, 3.63) is 59.1 Å². The maximum Gasteiger partial charge on any atom is 0.251 e. The SMILES string of the molecule is O=C(NC1CC2CCN(CC2)C1)c1ccc(Sc2ccccc2Cl)cc1. The van der Waals surface area contributed by atoms with Gasteiger partial charge in [-0.1, -0.05) is 35.5 Å². The molecule has 0 saturated carbocycles. The van der Waals surface area contributed by atoms with E-state index in [4.69, 9.17) is 11.6 Å². The number of carbonyl (C=O) groups is 1. The number of amides is 1. The van der Waals surface area contributed by atoms with Crippen molar-refractivity contribution in [3.63, 3.8) is 0 Å². The van der Waals surface area contributed by atoms with Crippen molar-refractivity contribution in [1.82, 2.24) is 10.2 Å². The zero-order valence-corrected chi connectivity index (χ0v) is 16.2. The fourth-order valence-electron chi connectivity index (χ4n) is 3.90. The second kappa shape index (κ2) is 8.03. The summed E-state index contributed by atoms with van der Waals surface area (Å²) in [5.74, 6) is 0.806. The number of nitrogens with zero attached hydrogens (tertiary/aromatic N) is 1. The van der Waals surface area contributed by atoms with Crippen LogP contribution in [0.5, 0.6) is 0 Å². The Hall–Kier alpha value is -1.49. The highest BCUT2D eigenvalue weighted by Gasteiger charge is 2.29. The van der Waals surface area contributed by atoms with Crippen molar-refractivity contribution >= 4 is 29.3 Å². The van der Waals surface area contributed by atoms with Gasteiger partial charge in [-0.2, -0.15) is 0 Å². The van der Waals surface area contributed by atoms with Crippen LogP contribution in [0.2, 0.25) is 5.02 Å². The summed E-state index contributed by atoms with van der Waals surface area (Å²) in [5.41, 5.74) is 0.722. The van der Waals surface area contributed by atoms with Crippen LogP contribution in [-0.2, 0) is 0 Å². The monoisotopic (exact) mass is 386 g/mol. The predicted octanol–water partition coefficient (Wildman–Crippen LogP) is 4.71. The van der Waals surface area contributed by atoms with Crippen molar-refractivity contribution in [3.8, 4) is 0 Å². The van der Waals surface area contributed by atoms with Crippen LogP contribution in [0.3, 0.4) is 0 Å². The number of hydrogen-bond donors (Lipinski definition) is 1. The molecule has 3 nitrogen and oxygen atoms in total. The van der Waals surface area contributed by atoms with E-state index in [2.05, 4.69) is 10.2 Å². The lowest BCUT2D eigenvalue weighted by Gasteiger charge is -2.26. The van der Waals surface area contributed by atoms with Crippen molar-refractivity contribution in [2.45, 2.75) is 35.1 Å². The molecule has 3 aliphatic rings. The maximum atomic E-state index is 12.6. The number of nitrogens with one attached hydrogen (secondary N) is 1. The first-order valence-corrected chi connectivity index (χ1v) is 10.4. The van der Waals surface area contributed by atoms with Crippen LogP contribution in [-0.4, -0.2) is 36.5 Å². The van der Waals surface area contributed by atoms with Crippen molar-refractivity contribution in [2.24, 2.45) is 5.92 Å². The zero-order valence-electron chi connectivity index (χ0n) is 14.7. The number of carbonyl (C=O) groups excluding carboxylic acids is 1. The van der Waals surface area contributed by atoms with Crippen LogP contribution >= 0.6 is 23.4 Å². The molecular formula is C21H23ClN2OS. The van der Waals surface area contributed by atoms with Gasteiger partial charge in [0.15, 0.2) is 0 Å². The van der Waals surface area contributed by atoms with E-state index >= 15 is 0 Å². The minimum Gasteiger partial charge on any atom is -0.348 e. The molecule has 3 heterocycles. The molecule has 5 heteroatoms. The number of fused-ring (bicyclic) bond motifs is 4. The van der Waals surface area contributed by atoms with Crippen molar-refractivity contribution < 1.29 is 4.79 Å². The van der Waals surface area contributed by atoms with Crippen LogP contribution in [0.25, 0.3) is 0 Å². The molecule has 0 radical (unpaired) electrons. The average Bonchev–Trinajstić information content (AvgIpc) is 2.96. The Morgan fingerprint density at radius 1 is 1.08 bits per heavy atom. The van der Waals surface area contributed by atoms with Crippen LogP contribution < -0.4 is 5.32 Å². The van der Waals surface area contributed by atoms with Gasteiger partial charge in [-0.3, -0.25) is 4.79 Å². The molecule has 1 atom stereocenters. The molecule has 3 fully saturated rings. The van der Waals surface area contributed by atoms with Gasteiger partial charge in [-0.05, 0) is 74.7 Å². The second-order valence-electron chi connectivity index (χ2n) is 7.21. The minimum absolute atomic E-state index is 0.0341. The van der Waals surface area contributed by atoms with Crippen LogP contribution in [0.1, 0.15) is 29.6 Å².